The molecule has 1 fully saturated rings. The number of rotatable bonds is 4. The number of nitrogens with one attached hydrogen (secondary N) is 1. The van der Waals surface area contributed by atoms with Crippen molar-refractivity contribution in [1.82, 2.24) is 10.3 Å². The Hall–Kier alpha value is -1.47. The van der Waals surface area contributed by atoms with Gasteiger partial charge in [-0.15, -0.1) is 23.7 Å². The average Bonchev–Trinajstić information content (AvgIpc) is 3.03. The van der Waals surface area contributed by atoms with Crippen LogP contribution in [0.5, 0.6) is 0 Å². The third-order valence-corrected chi connectivity index (χ3v) is 4.78. The van der Waals surface area contributed by atoms with Crippen LogP contribution in [0.15, 0.2) is 35.7 Å². The van der Waals surface area contributed by atoms with Crippen molar-refractivity contribution in [3.63, 3.8) is 0 Å². The fraction of sp³-hybridized carbons (Fsp3) is 0.375. The summed E-state index contributed by atoms with van der Waals surface area (Å²) in [6.45, 7) is 1.49. The van der Waals surface area contributed by atoms with Gasteiger partial charge in [0.15, 0.2) is 0 Å². The van der Waals surface area contributed by atoms with Crippen LogP contribution in [0.2, 0.25) is 0 Å². The van der Waals surface area contributed by atoms with Gasteiger partial charge >= 0.3 is 0 Å². The van der Waals surface area contributed by atoms with Crippen LogP contribution in [0.3, 0.4) is 0 Å². The van der Waals surface area contributed by atoms with Gasteiger partial charge in [-0.3, -0.25) is 4.79 Å². The van der Waals surface area contributed by atoms with E-state index < -0.39 is 5.54 Å². The van der Waals surface area contributed by atoms with Gasteiger partial charge in [0, 0.05) is 24.2 Å². The zero-order chi connectivity index (χ0) is 15.4. The van der Waals surface area contributed by atoms with E-state index in [9.17, 15) is 4.79 Å². The van der Waals surface area contributed by atoms with Gasteiger partial charge in [-0.25, -0.2) is 4.98 Å². The summed E-state index contributed by atoms with van der Waals surface area (Å²) >= 11 is 1.58. The van der Waals surface area contributed by atoms with Gasteiger partial charge < -0.3 is 15.8 Å². The molecule has 1 amide bonds. The summed E-state index contributed by atoms with van der Waals surface area (Å²) in [5.41, 5.74) is 7.29. The highest BCUT2D eigenvalue weighted by Gasteiger charge is 2.35. The summed E-state index contributed by atoms with van der Waals surface area (Å²) in [5, 5.41) is 5.82. The summed E-state index contributed by atoms with van der Waals surface area (Å²) in [6.07, 6.45) is 1.12. The van der Waals surface area contributed by atoms with E-state index in [2.05, 4.69) is 10.3 Å². The SMILES string of the molecule is Cl.NC1(C(=O)NCc2csc(-c3ccccc3)n2)CCOCC1. The summed E-state index contributed by atoms with van der Waals surface area (Å²) in [6, 6.07) is 10.0. The Morgan fingerprint density at radius 3 is 2.70 bits per heavy atom. The van der Waals surface area contributed by atoms with Crippen LogP contribution in [0.25, 0.3) is 10.6 Å². The van der Waals surface area contributed by atoms with Gasteiger partial charge in [-0.05, 0) is 12.8 Å². The molecule has 0 aliphatic carbocycles. The summed E-state index contributed by atoms with van der Waals surface area (Å²) in [4.78, 5) is 16.8. The molecule has 2 aromatic rings. The summed E-state index contributed by atoms with van der Waals surface area (Å²) < 4.78 is 5.26. The topological polar surface area (TPSA) is 77.2 Å². The molecule has 0 saturated carbocycles. The van der Waals surface area contributed by atoms with Crippen LogP contribution in [0.4, 0.5) is 0 Å². The van der Waals surface area contributed by atoms with Crippen LogP contribution >= 0.6 is 23.7 Å². The first-order valence-corrected chi connectivity index (χ1v) is 8.20. The Bertz CT molecular complexity index is 642. The zero-order valence-corrected chi connectivity index (χ0v) is 14.3. The van der Waals surface area contributed by atoms with E-state index in [0.29, 0.717) is 32.6 Å². The van der Waals surface area contributed by atoms with E-state index in [4.69, 9.17) is 10.5 Å². The third-order valence-electron chi connectivity index (χ3n) is 3.84. The van der Waals surface area contributed by atoms with E-state index in [-0.39, 0.29) is 18.3 Å². The Kier molecular flexibility index (Phi) is 6.12. The van der Waals surface area contributed by atoms with Crippen molar-refractivity contribution in [2.75, 3.05) is 13.2 Å². The molecule has 0 bridgehead atoms. The Morgan fingerprint density at radius 1 is 1.30 bits per heavy atom. The molecule has 2 heterocycles. The highest BCUT2D eigenvalue weighted by atomic mass is 35.5. The average molecular weight is 354 g/mol. The molecule has 3 N–H and O–H groups in total. The van der Waals surface area contributed by atoms with Gasteiger partial charge in [-0.1, -0.05) is 30.3 Å². The van der Waals surface area contributed by atoms with E-state index in [0.717, 1.165) is 16.3 Å². The molecule has 1 aromatic carbocycles. The minimum Gasteiger partial charge on any atom is -0.381 e. The number of carbonyl (C=O) groups excluding carboxylic acids is 1. The maximum atomic E-state index is 12.3. The first kappa shape index (κ1) is 17.9. The van der Waals surface area contributed by atoms with Gasteiger partial charge in [0.05, 0.1) is 17.8 Å². The lowest BCUT2D eigenvalue weighted by atomic mass is 9.90. The van der Waals surface area contributed by atoms with Crippen molar-refractivity contribution >= 4 is 29.7 Å². The van der Waals surface area contributed by atoms with Crippen molar-refractivity contribution in [2.24, 2.45) is 5.73 Å². The number of thiazole rings is 1. The number of amides is 1. The second-order valence-electron chi connectivity index (χ2n) is 5.46. The molecule has 1 aliphatic rings. The Balaban J connectivity index is 0.00000192. The number of carbonyl (C=O) groups is 1. The number of ether oxygens (including phenoxy) is 1. The fourth-order valence-electron chi connectivity index (χ4n) is 2.41. The second-order valence-corrected chi connectivity index (χ2v) is 6.32. The zero-order valence-electron chi connectivity index (χ0n) is 12.7. The predicted octanol–water partition coefficient (Wildman–Crippen LogP) is 2.36. The largest absolute Gasteiger partial charge is 0.381 e. The first-order valence-electron chi connectivity index (χ1n) is 7.32. The van der Waals surface area contributed by atoms with Crippen molar-refractivity contribution < 1.29 is 9.53 Å². The normalized spacial score (nSPS) is 16.4. The molecule has 0 atom stereocenters. The Labute approximate surface area is 145 Å². The molecular formula is C16H20ClN3O2S. The third kappa shape index (κ3) is 4.29. The molecule has 0 unspecified atom stereocenters. The monoisotopic (exact) mass is 353 g/mol. The number of halogens is 1. The van der Waals surface area contributed by atoms with Gasteiger partial charge in [-0.2, -0.15) is 0 Å². The molecule has 1 aromatic heterocycles. The fourth-order valence-corrected chi connectivity index (χ4v) is 3.24. The predicted molar refractivity (Wildman–Crippen MR) is 93.6 cm³/mol. The van der Waals surface area contributed by atoms with Crippen LogP contribution in [0, 0.1) is 0 Å². The number of benzene rings is 1. The van der Waals surface area contributed by atoms with Gasteiger partial charge in [0.2, 0.25) is 5.91 Å². The molecule has 1 saturated heterocycles. The molecule has 7 heteroatoms. The number of hydrogen-bond donors (Lipinski definition) is 2. The van der Waals surface area contributed by atoms with E-state index in [1.54, 1.807) is 11.3 Å². The number of hydrogen-bond acceptors (Lipinski definition) is 5. The first-order chi connectivity index (χ1) is 10.7. The lowest BCUT2D eigenvalue weighted by Gasteiger charge is -2.31. The van der Waals surface area contributed by atoms with E-state index in [1.165, 1.54) is 0 Å². The molecule has 124 valence electrons. The van der Waals surface area contributed by atoms with E-state index >= 15 is 0 Å². The lowest BCUT2D eigenvalue weighted by molar-refractivity contribution is -0.129. The van der Waals surface area contributed by atoms with Crippen molar-refractivity contribution in [2.45, 2.75) is 24.9 Å². The molecule has 3 rings (SSSR count). The number of nitrogens with zero attached hydrogens (tertiary/aromatic N) is 1. The molecule has 0 spiro atoms. The molecule has 23 heavy (non-hydrogen) atoms. The molecule has 1 aliphatic heterocycles. The van der Waals surface area contributed by atoms with Crippen LogP contribution < -0.4 is 11.1 Å². The summed E-state index contributed by atoms with van der Waals surface area (Å²) in [7, 11) is 0. The minimum absolute atomic E-state index is 0. The minimum atomic E-state index is -0.809. The maximum Gasteiger partial charge on any atom is 0.240 e. The second kappa shape index (κ2) is 7.88. The quantitative estimate of drug-likeness (QED) is 0.884. The summed E-state index contributed by atoms with van der Waals surface area (Å²) in [5.74, 6) is -0.120. The maximum absolute atomic E-state index is 12.3. The standard InChI is InChI=1S/C16H19N3O2S.ClH/c17-16(6-8-21-9-7-16)15(20)18-10-13-11-22-14(19-13)12-4-2-1-3-5-12;/h1-5,11H,6-10,17H2,(H,18,20);1H. The lowest BCUT2D eigenvalue weighted by Crippen LogP contribution is -2.56. The number of nitrogens with two attached hydrogens (primary N) is 1. The molecule has 0 radical (unpaired) electrons. The van der Waals surface area contributed by atoms with Gasteiger partial charge in [0.1, 0.15) is 5.01 Å². The van der Waals surface area contributed by atoms with Crippen molar-refractivity contribution in [1.29, 1.82) is 0 Å². The van der Waals surface area contributed by atoms with Gasteiger partial charge in [0.25, 0.3) is 0 Å². The number of aromatic nitrogens is 1. The highest BCUT2D eigenvalue weighted by Crippen LogP contribution is 2.23. The molecule has 5 nitrogen and oxygen atoms in total. The molecular weight excluding hydrogens is 334 g/mol. The highest BCUT2D eigenvalue weighted by molar-refractivity contribution is 7.13. The van der Waals surface area contributed by atoms with Crippen LogP contribution in [-0.4, -0.2) is 29.6 Å². The van der Waals surface area contributed by atoms with Crippen molar-refractivity contribution in [3.8, 4) is 10.6 Å². The van der Waals surface area contributed by atoms with Crippen LogP contribution in [-0.2, 0) is 16.1 Å². The smallest absolute Gasteiger partial charge is 0.240 e. The van der Waals surface area contributed by atoms with Crippen molar-refractivity contribution in [3.05, 3.63) is 41.4 Å². The Morgan fingerprint density at radius 2 is 2.00 bits per heavy atom. The van der Waals surface area contributed by atoms with Crippen LogP contribution in [0.1, 0.15) is 18.5 Å². The van der Waals surface area contributed by atoms with E-state index in [1.807, 2.05) is 35.7 Å².